The van der Waals surface area contributed by atoms with Crippen molar-refractivity contribution >= 4 is 29.3 Å². The molecule has 4 rings (SSSR count). The van der Waals surface area contributed by atoms with Crippen molar-refractivity contribution in [3.63, 3.8) is 0 Å². The number of rotatable bonds is 7. The Bertz CT molecular complexity index is 1200. The molecule has 0 spiro atoms. The van der Waals surface area contributed by atoms with E-state index in [4.69, 9.17) is 4.42 Å². The number of hydrogen-bond acceptors (Lipinski definition) is 7. The predicted octanol–water partition coefficient (Wildman–Crippen LogP) is 0.901. The molecule has 2 N–H and O–H groups in total. The Labute approximate surface area is 220 Å². The molecule has 1 aliphatic rings. The molecule has 1 aliphatic carbocycles. The summed E-state index contributed by atoms with van der Waals surface area (Å²) in [4.78, 5) is 23.1. The van der Waals surface area contributed by atoms with Gasteiger partial charge in [0.25, 0.3) is 0 Å². The maximum Gasteiger partial charge on any atom is 1.00 e. The molecule has 0 atom stereocenters. The first-order chi connectivity index (χ1) is 16.3. The van der Waals surface area contributed by atoms with Crippen LogP contribution in [-0.2, 0) is 4.79 Å². The number of carbonyl (C=O) groups is 2. The summed E-state index contributed by atoms with van der Waals surface area (Å²) in [5, 5.41) is 22.8. The number of carboxylic acid groups (broad SMARTS) is 1. The number of nitrogens with one attached hydrogen (secondary N) is 2. The topological polar surface area (TPSA) is 120 Å². The maximum atomic E-state index is 13.7. The molecule has 1 saturated carbocycles. The fraction of sp³-hybridized carbons (Fsp3) is 0.304. The van der Waals surface area contributed by atoms with Crippen molar-refractivity contribution in [3.05, 3.63) is 65.3 Å². The molecule has 8 nitrogen and oxygen atoms in total. The zero-order valence-corrected chi connectivity index (χ0v) is 20.8. The number of nitrogens with zero attached hydrogens (tertiary/aromatic N) is 2. The first-order valence-electron chi connectivity index (χ1n) is 10.6. The van der Waals surface area contributed by atoms with Gasteiger partial charge in [-0.15, -0.1) is 5.10 Å². The van der Waals surface area contributed by atoms with Crippen molar-refractivity contribution in [3.8, 4) is 0 Å². The summed E-state index contributed by atoms with van der Waals surface area (Å²) in [7, 11) is 0. The average molecular weight is 496 g/mol. The van der Waals surface area contributed by atoms with Gasteiger partial charge in [0, 0.05) is 23.8 Å². The minimum Gasteiger partial charge on any atom is -0.550 e. The molecule has 3 aromatic rings. The molecular weight excluding hydrogens is 476 g/mol. The van der Waals surface area contributed by atoms with Crippen molar-refractivity contribution in [2.24, 2.45) is 5.92 Å². The Morgan fingerprint density at radius 3 is 2.29 bits per heavy atom. The second-order valence-electron chi connectivity index (χ2n) is 8.15. The van der Waals surface area contributed by atoms with Crippen molar-refractivity contribution in [1.29, 1.82) is 0 Å². The summed E-state index contributed by atoms with van der Waals surface area (Å²) in [5.41, 5.74) is 1.15. The quantitative estimate of drug-likeness (QED) is 0.368. The third kappa shape index (κ3) is 6.83. The number of benzene rings is 2. The average Bonchev–Trinajstić information content (AvgIpc) is 3.27. The summed E-state index contributed by atoms with van der Waals surface area (Å²) < 4.78 is 45.2. The Balaban J connectivity index is 0.00000342. The fourth-order valence-electron chi connectivity index (χ4n) is 4.06. The van der Waals surface area contributed by atoms with Gasteiger partial charge in [0.1, 0.15) is 5.82 Å². The molecule has 178 valence electrons. The summed E-state index contributed by atoms with van der Waals surface area (Å²) in [6.45, 7) is 0. The molecule has 0 bridgehead atoms. The van der Waals surface area contributed by atoms with Crippen LogP contribution in [0.4, 0.5) is 30.6 Å². The van der Waals surface area contributed by atoms with Gasteiger partial charge in [0.15, 0.2) is 11.6 Å². The van der Waals surface area contributed by atoms with E-state index in [2.05, 4.69) is 20.8 Å². The number of carbonyl (C=O) groups excluding carboxylic acids is 2. The van der Waals surface area contributed by atoms with E-state index in [1.807, 2.05) is 12.1 Å². The molecule has 1 heterocycles. The molecular formula is C23H20F3N4NaO4. The van der Waals surface area contributed by atoms with Crippen molar-refractivity contribution in [2.45, 2.75) is 38.0 Å². The van der Waals surface area contributed by atoms with Crippen LogP contribution < -0.4 is 45.3 Å². The van der Waals surface area contributed by atoms with Gasteiger partial charge in [0.05, 0.1) is 5.69 Å². The minimum absolute atomic E-state index is 0. The molecule has 1 amide bonds. The third-order valence-electron chi connectivity index (χ3n) is 5.81. The van der Waals surface area contributed by atoms with Crippen LogP contribution in [0.15, 0.2) is 40.8 Å². The second-order valence-corrected chi connectivity index (χ2v) is 8.15. The SMILES string of the molecule is O=C([O-])CC1CCC(c2ccc(NC(=O)c3nnc(Nc4cc(F)c(F)cc4F)o3)cc2)CC1.[Na+]. The number of hydrogen-bond donors (Lipinski definition) is 2. The Morgan fingerprint density at radius 1 is 0.971 bits per heavy atom. The standard InChI is InChI=1S/C23H21F3N4O4.Na/c24-16-10-18(26)19(11-17(16)25)28-23-30-29-22(34-23)21(33)27-15-7-5-14(6-8-15)13-3-1-12(2-4-13)9-20(31)32;/h5-8,10-13H,1-4,9H2,(H,27,33)(H,28,30)(H,31,32);/q;+1/p-1. The van der Waals surface area contributed by atoms with Gasteiger partial charge < -0.3 is 25.0 Å². The second kappa shape index (κ2) is 11.7. The van der Waals surface area contributed by atoms with Gasteiger partial charge in [-0.1, -0.05) is 17.2 Å². The van der Waals surface area contributed by atoms with E-state index < -0.39 is 40.9 Å². The Kier molecular flexibility index (Phi) is 8.92. The van der Waals surface area contributed by atoms with Gasteiger partial charge in [-0.25, -0.2) is 13.2 Å². The van der Waals surface area contributed by atoms with Gasteiger partial charge in [-0.2, -0.15) is 0 Å². The first-order valence-corrected chi connectivity index (χ1v) is 10.6. The van der Waals surface area contributed by atoms with E-state index in [1.165, 1.54) is 0 Å². The van der Waals surface area contributed by atoms with E-state index in [-0.39, 0.29) is 47.9 Å². The van der Waals surface area contributed by atoms with E-state index in [1.54, 1.807) is 12.1 Å². The van der Waals surface area contributed by atoms with Crippen molar-refractivity contribution in [1.82, 2.24) is 10.2 Å². The summed E-state index contributed by atoms with van der Waals surface area (Å²) in [6, 6.07) is 7.83. The van der Waals surface area contributed by atoms with Crippen LogP contribution in [0.3, 0.4) is 0 Å². The Morgan fingerprint density at radius 2 is 1.63 bits per heavy atom. The predicted molar refractivity (Wildman–Crippen MR) is 113 cm³/mol. The number of amides is 1. The van der Waals surface area contributed by atoms with Crippen molar-refractivity contribution in [2.75, 3.05) is 10.6 Å². The van der Waals surface area contributed by atoms with E-state index in [9.17, 15) is 27.9 Å². The number of aliphatic carboxylic acids is 1. The van der Waals surface area contributed by atoms with Gasteiger partial charge in [-0.05, 0) is 61.6 Å². The van der Waals surface area contributed by atoms with Crippen LogP contribution in [0, 0.1) is 23.4 Å². The number of halogens is 3. The molecule has 0 radical (unpaired) electrons. The molecule has 35 heavy (non-hydrogen) atoms. The third-order valence-corrected chi connectivity index (χ3v) is 5.81. The number of aromatic nitrogens is 2. The van der Waals surface area contributed by atoms with Crippen LogP contribution in [-0.4, -0.2) is 22.1 Å². The smallest absolute Gasteiger partial charge is 0.550 e. The van der Waals surface area contributed by atoms with E-state index in [0.717, 1.165) is 31.2 Å². The van der Waals surface area contributed by atoms with Gasteiger partial charge >= 0.3 is 47.4 Å². The number of carboxylic acids is 1. The zero-order chi connectivity index (χ0) is 24.2. The summed E-state index contributed by atoms with van der Waals surface area (Å²) >= 11 is 0. The molecule has 0 saturated heterocycles. The normalized spacial score (nSPS) is 17.3. The minimum atomic E-state index is -1.34. The van der Waals surface area contributed by atoms with Crippen LogP contribution >= 0.6 is 0 Å². The molecule has 1 aromatic heterocycles. The fourth-order valence-corrected chi connectivity index (χ4v) is 4.06. The van der Waals surface area contributed by atoms with E-state index >= 15 is 0 Å². The summed E-state index contributed by atoms with van der Waals surface area (Å²) in [6.07, 6.45) is 3.54. The molecule has 0 unspecified atom stereocenters. The van der Waals surface area contributed by atoms with Crippen LogP contribution in [0.25, 0.3) is 0 Å². The number of anilines is 3. The van der Waals surface area contributed by atoms with Crippen LogP contribution in [0.5, 0.6) is 0 Å². The van der Waals surface area contributed by atoms with Crippen molar-refractivity contribution < 1.29 is 61.8 Å². The van der Waals surface area contributed by atoms with Crippen LogP contribution in [0.1, 0.15) is 54.3 Å². The molecule has 2 aromatic carbocycles. The van der Waals surface area contributed by atoms with E-state index in [0.29, 0.717) is 23.7 Å². The van der Waals surface area contributed by atoms with Gasteiger partial charge in [0.2, 0.25) is 0 Å². The molecule has 1 fully saturated rings. The summed E-state index contributed by atoms with van der Waals surface area (Å²) in [5.74, 6) is -5.34. The molecule has 0 aliphatic heterocycles. The van der Waals surface area contributed by atoms with Gasteiger partial charge in [-0.3, -0.25) is 4.79 Å². The molecule has 12 heteroatoms. The monoisotopic (exact) mass is 496 g/mol. The zero-order valence-electron chi connectivity index (χ0n) is 18.8. The van der Waals surface area contributed by atoms with Crippen LogP contribution in [0.2, 0.25) is 0 Å². The largest absolute Gasteiger partial charge is 1.00 e. The first kappa shape index (κ1) is 26.7. The maximum absolute atomic E-state index is 13.7. The Hall–Kier alpha value is -2.89.